The van der Waals surface area contributed by atoms with Crippen molar-refractivity contribution in [1.82, 2.24) is 4.90 Å². The lowest BCUT2D eigenvalue weighted by molar-refractivity contribution is 0.215. The molecule has 2 rings (SSSR count). The van der Waals surface area contributed by atoms with Gasteiger partial charge in [-0.3, -0.25) is 0 Å². The van der Waals surface area contributed by atoms with Crippen LogP contribution in [0.5, 0.6) is 0 Å². The van der Waals surface area contributed by atoms with Gasteiger partial charge < -0.3 is 4.90 Å². The highest BCUT2D eigenvalue weighted by atomic mass is 79.9. The maximum absolute atomic E-state index is 3.64. The molecule has 84 valence electrons. The molecule has 0 spiro atoms. The number of likely N-dealkylation sites (N-methyl/N-ethyl adjacent to an activating group) is 1. The van der Waals surface area contributed by atoms with E-state index in [1.807, 2.05) is 11.3 Å². The lowest BCUT2D eigenvalue weighted by Gasteiger charge is -2.34. The SMILES string of the molecule is CN(CCc1cccs1)CC1CC(Br)C1. The molecule has 0 aliphatic heterocycles. The van der Waals surface area contributed by atoms with Gasteiger partial charge in [-0.2, -0.15) is 0 Å². The molecular weight excluding hydrogens is 270 g/mol. The van der Waals surface area contributed by atoms with E-state index < -0.39 is 0 Å². The van der Waals surface area contributed by atoms with E-state index in [2.05, 4.69) is 45.4 Å². The molecule has 1 aliphatic rings. The number of hydrogen-bond acceptors (Lipinski definition) is 2. The van der Waals surface area contributed by atoms with Crippen LogP contribution in [0.2, 0.25) is 0 Å². The van der Waals surface area contributed by atoms with Gasteiger partial charge in [-0.15, -0.1) is 11.3 Å². The van der Waals surface area contributed by atoms with Crippen LogP contribution in [0.4, 0.5) is 0 Å². The van der Waals surface area contributed by atoms with Crippen LogP contribution in [-0.4, -0.2) is 29.9 Å². The molecule has 1 aromatic rings. The second-order valence-corrected chi connectivity index (χ2v) is 6.85. The number of rotatable bonds is 5. The molecule has 0 saturated heterocycles. The summed E-state index contributed by atoms with van der Waals surface area (Å²) in [6, 6.07) is 4.37. The molecule has 0 atom stereocenters. The summed E-state index contributed by atoms with van der Waals surface area (Å²) in [5.74, 6) is 0.933. The van der Waals surface area contributed by atoms with Gasteiger partial charge >= 0.3 is 0 Å². The lowest BCUT2D eigenvalue weighted by Crippen LogP contribution is -2.35. The minimum absolute atomic E-state index is 0.799. The van der Waals surface area contributed by atoms with Crippen molar-refractivity contribution in [3.63, 3.8) is 0 Å². The molecule has 3 heteroatoms. The van der Waals surface area contributed by atoms with Crippen LogP contribution in [-0.2, 0) is 6.42 Å². The second-order valence-electron chi connectivity index (χ2n) is 4.53. The largest absolute Gasteiger partial charge is 0.306 e. The van der Waals surface area contributed by atoms with E-state index >= 15 is 0 Å². The quantitative estimate of drug-likeness (QED) is 0.751. The molecule has 0 unspecified atom stereocenters. The zero-order valence-corrected chi connectivity index (χ0v) is 11.6. The summed E-state index contributed by atoms with van der Waals surface area (Å²) < 4.78 is 0. The summed E-state index contributed by atoms with van der Waals surface area (Å²) in [5.41, 5.74) is 0. The normalized spacial score (nSPS) is 25.5. The standard InChI is InChI=1S/C12H18BrNS/c1-14(9-10-7-11(13)8-10)5-4-12-3-2-6-15-12/h2-3,6,10-11H,4-5,7-9H2,1H3. The highest BCUT2D eigenvalue weighted by Gasteiger charge is 2.27. The van der Waals surface area contributed by atoms with Crippen LogP contribution in [0.25, 0.3) is 0 Å². The van der Waals surface area contributed by atoms with Gasteiger partial charge in [-0.25, -0.2) is 0 Å². The fourth-order valence-electron chi connectivity index (χ4n) is 2.09. The number of alkyl halides is 1. The Kier molecular flexibility index (Phi) is 4.23. The van der Waals surface area contributed by atoms with Gasteiger partial charge in [-0.1, -0.05) is 22.0 Å². The summed E-state index contributed by atoms with van der Waals surface area (Å²) in [5, 5.41) is 2.16. The van der Waals surface area contributed by atoms with Crippen molar-refractivity contribution < 1.29 is 0 Å². The van der Waals surface area contributed by atoms with Gasteiger partial charge in [0, 0.05) is 22.8 Å². The van der Waals surface area contributed by atoms with Gasteiger partial charge in [0.2, 0.25) is 0 Å². The molecule has 0 radical (unpaired) electrons. The van der Waals surface area contributed by atoms with Crippen LogP contribution in [0.15, 0.2) is 17.5 Å². The average Bonchev–Trinajstić information content (AvgIpc) is 2.65. The van der Waals surface area contributed by atoms with Gasteiger partial charge in [0.15, 0.2) is 0 Å². The first-order valence-electron chi connectivity index (χ1n) is 5.59. The van der Waals surface area contributed by atoms with Crippen molar-refractivity contribution in [1.29, 1.82) is 0 Å². The van der Waals surface area contributed by atoms with E-state index in [4.69, 9.17) is 0 Å². The maximum atomic E-state index is 3.64. The maximum Gasteiger partial charge on any atom is 0.0152 e. The Labute approximate surface area is 105 Å². The van der Waals surface area contributed by atoms with E-state index in [0.29, 0.717) is 0 Å². The third kappa shape index (κ3) is 3.58. The molecule has 1 heterocycles. The molecule has 0 amide bonds. The first-order chi connectivity index (χ1) is 7.24. The molecule has 1 fully saturated rings. The number of hydrogen-bond donors (Lipinski definition) is 0. The monoisotopic (exact) mass is 287 g/mol. The lowest BCUT2D eigenvalue weighted by atomic mass is 9.85. The van der Waals surface area contributed by atoms with Gasteiger partial charge in [0.25, 0.3) is 0 Å². The first-order valence-corrected chi connectivity index (χ1v) is 7.38. The molecular formula is C12H18BrNS. The fourth-order valence-corrected chi connectivity index (χ4v) is 3.85. The van der Waals surface area contributed by atoms with E-state index in [-0.39, 0.29) is 0 Å². The Hall–Kier alpha value is 0.140. The first kappa shape index (κ1) is 11.6. The van der Waals surface area contributed by atoms with Gasteiger partial charge in [0.05, 0.1) is 0 Å². The minimum atomic E-state index is 0.799. The predicted molar refractivity (Wildman–Crippen MR) is 71.0 cm³/mol. The summed E-state index contributed by atoms with van der Waals surface area (Å²) in [4.78, 5) is 4.78. The third-order valence-corrected chi connectivity index (χ3v) is 4.75. The zero-order valence-electron chi connectivity index (χ0n) is 9.16. The molecule has 1 aromatic heterocycles. The topological polar surface area (TPSA) is 3.24 Å². The van der Waals surface area contributed by atoms with Crippen LogP contribution in [0.3, 0.4) is 0 Å². The highest BCUT2D eigenvalue weighted by Crippen LogP contribution is 2.33. The highest BCUT2D eigenvalue weighted by molar-refractivity contribution is 9.09. The Morgan fingerprint density at radius 2 is 2.33 bits per heavy atom. The van der Waals surface area contributed by atoms with Crippen molar-refractivity contribution in [2.75, 3.05) is 20.1 Å². The molecule has 0 aromatic carbocycles. The third-order valence-electron chi connectivity index (χ3n) is 3.07. The van der Waals surface area contributed by atoms with E-state index in [1.165, 1.54) is 37.2 Å². The minimum Gasteiger partial charge on any atom is -0.306 e. The van der Waals surface area contributed by atoms with Crippen molar-refractivity contribution in [3.05, 3.63) is 22.4 Å². The van der Waals surface area contributed by atoms with E-state index in [0.717, 1.165) is 10.7 Å². The fraction of sp³-hybridized carbons (Fsp3) is 0.667. The second kappa shape index (κ2) is 5.46. The number of thiophene rings is 1. The Morgan fingerprint density at radius 1 is 1.53 bits per heavy atom. The summed E-state index contributed by atoms with van der Waals surface area (Å²) in [6.45, 7) is 2.47. The Bertz CT molecular complexity index is 280. The van der Waals surface area contributed by atoms with Crippen molar-refractivity contribution in [3.8, 4) is 0 Å². The summed E-state index contributed by atoms with van der Waals surface area (Å²) in [7, 11) is 2.25. The summed E-state index contributed by atoms with van der Waals surface area (Å²) in [6.07, 6.45) is 3.94. The number of nitrogens with zero attached hydrogens (tertiary/aromatic N) is 1. The Balaban J connectivity index is 1.62. The zero-order chi connectivity index (χ0) is 10.7. The van der Waals surface area contributed by atoms with E-state index in [1.54, 1.807) is 0 Å². The number of halogens is 1. The smallest absolute Gasteiger partial charge is 0.0152 e. The van der Waals surface area contributed by atoms with Gasteiger partial charge in [-0.05, 0) is 43.7 Å². The molecule has 1 aliphatic carbocycles. The molecule has 1 saturated carbocycles. The van der Waals surface area contributed by atoms with Gasteiger partial charge in [0.1, 0.15) is 0 Å². The van der Waals surface area contributed by atoms with Crippen LogP contribution in [0.1, 0.15) is 17.7 Å². The average molecular weight is 288 g/mol. The predicted octanol–water partition coefficient (Wildman–Crippen LogP) is 3.40. The molecule has 15 heavy (non-hydrogen) atoms. The van der Waals surface area contributed by atoms with Crippen molar-refractivity contribution in [2.24, 2.45) is 5.92 Å². The van der Waals surface area contributed by atoms with Crippen LogP contribution < -0.4 is 0 Å². The molecule has 0 bridgehead atoms. The van der Waals surface area contributed by atoms with E-state index in [9.17, 15) is 0 Å². The molecule has 0 N–H and O–H groups in total. The van der Waals surface area contributed by atoms with Crippen molar-refractivity contribution in [2.45, 2.75) is 24.1 Å². The van der Waals surface area contributed by atoms with Crippen LogP contribution in [0, 0.1) is 5.92 Å². The molecule has 1 nitrogen and oxygen atoms in total. The van der Waals surface area contributed by atoms with Crippen LogP contribution >= 0.6 is 27.3 Å². The Morgan fingerprint density at radius 3 is 2.93 bits per heavy atom. The van der Waals surface area contributed by atoms with Crippen molar-refractivity contribution >= 4 is 27.3 Å². The summed E-state index contributed by atoms with van der Waals surface area (Å²) >= 11 is 5.51.